The highest BCUT2D eigenvalue weighted by molar-refractivity contribution is 5.71. The third-order valence-electron chi connectivity index (χ3n) is 13.4. The largest absolute Gasteiger partial charge is 0.462 e. The van der Waals surface area contributed by atoms with Gasteiger partial charge in [-0.25, -0.2) is 0 Å². The van der Waals surface area contributed by atoms with Crippen LogP contribution in [0.5, 0.6) is 0 Å². The van der Waals surface area contributed by atoms with Crippen molar-refractivity contribution in [2.75, 3.05) is 13.2 Å². The maximum Gasteiger partial charge on any atom is 0.306 e. The fourth-order valence-electron chi connectivity index (χ4n) is 8.52. The molecule has 6 heteroatoms. The van der Waals surface area contributed by atoms with Crippen molar-refractivity contribution in [3.8, 4) is 0 Å². The van der Waals surface area contributed by atoms with Crippen molar-refractivity contribution < 1.29 is 28.6 Å². The predicted octanol–water partition coefficient (Wildman–Crippen LogP) is 23.0. The van der Waals surface area contributed by atoms with Gasteiger partial charge in [0.1, 0.15) is 13.2 Å². The van der Waals surface area contributed by atoms with E-state index in [9.17, 15) is 14.4 Å². The second-order valence-electron chi connectivity index (χ2n) is 21.3. The minimum Gasteiger partial charge on any atom is -0.462 e. The predicted molar refractivity (Wildman–Crippen MR) is 357 cm³/mol. The second-order valence-corrected chi connectivity index (χ2v) is 21.3. The fourth-order valence-corrected chi connectivity index (χ4v) is 8.52. The molecule has 0 bridgehead atoms. The molecular weight excluding hydrogens is 1010 g/mol. The Labute approximate surface area is 504 Å². The lowest BCUT2D eigenvalue weighted by atomic mass is 10.1. The molecule has 0 rings (SSSR count). The Morgan fingerprint density at radius 3 is 0.744 bits per heavy atom. The molecule has 0 N–H and O–H groups in total. The normalized spacial score (nSPS) is 13.3. The lowest BCUT2D eigenvalue weighted by molar-refractivity contribution is -0.167. The summed E-state index contributed by atoms with van der Waals surface area (Å²) in [6, 6.07) is 0. The van der Waals surface area contributed by atoms with Crippen LogP contribution in [-0.4, -0.2) is 37.2 Å². The Balaban J connectivity index is 4.38. The maximum absolute atomic E-state index is 12.9. The molecule has 0 aromatic carbocycles. The van der Waals surface area contributed by atoms with Crippen LogP contribution in [0.2, 0.25) is 0 Å². The lowest BCUT2D eigenvalue weighted by Crippen LogP contribution is -2.30. The SMILES string of the molecule is CC/C=C\C/C=C\C/C=C\C/C=C\C/C=C\C/C=C\C/C=C\C/C=C\C/C=C\CCCCCCCC(=O)OCC(COC(=O)CCCCCCC/C=C\C/C=C\CCCC)OC(=O)CCCCCCCCC/C=C\C/C=C\C/C=C\CC. The van der Waals surface area contributed by atoms with Crippen molar-refractivity contribution in [1.82, 2.24) is 0 Å². The van der Waals surface area contributed by atoms with Crippen molar-refractivity contribution in [2.45, 2.75) is 277 Å². The summed E-state index contributed by atoms with van der Waals surface area (Å²) in [5, 5.41) is 0. The third kappa shape index (κ3) is 65.6. The van der Waals surface area contributed by atoms with E-state index in [4.69, 9.17) is 14.2 Å². The summed E-state index contributed by atoms with van der Waals surface area (Å²) in [6.45, 7) is 6.33. The van der Waals surface area contributed by atoms with Crippen molar-refractivity contribution in [2.24, 2.45) is 0 Å². The number of hydrogen-bond acceptors (Lipinski definition) is 6. The van der Waals surface area contributed by atoms with Crippen molar-refractivity contribution in [1.29, 1.82) is 0 Å². The molecule has 0 aromatic heterocycles. The first kappa shape index (κ1) is 76.8. The average Bonchev–Trinajstić information content (AvgIpc) is 3.47. The van der Waals surface area contributed by atoms with Gasteiger partial charge >= 0.3 is 17.9 Å². The Bertz CT molecular complexity index is 1870. The molecule has 0 saturated heterocycles. The van der Waals surface area contributed by atoms with Crippen LogP contribution in [0.3, 0.4) is 0 Å². The highest BCUT2D eigenvalue weighted by Gasteiger charge is 2.19. The minimum absolute atomic E-state index is 0.102. The molecule has 0 heterocycles. The molecule has 1 atom stereocenters. The van der Waals surface area contributed by atoms with E-state index < -0.39 is 6.10 Å². The molecule has 0 saturated carbocycles. The van der Waals surface area contributed by atoms with Gasteiger partial charge < -0.3 is 14.2 Å². The van der Waals surface area contributed by atoms with Crippen LogP contribution in [-0.2, 0) is 28.6 Å². The Morgan fingerprint density at radius 1 is 0.256 bits per heavy atom. The minimum atomic E-state index is -0.807. The number of esters is 3. The van der Waals surface area contributed by atoms with Crippen LogP contribution in [0.1, 0.15) is 271 Å². The van der Waals surface area contributed by atoms with E-state index in [2.05, 4.69) is 191 Å². The monoisotopic (exact) mass is 1130 g/mol. The molecule has 6 nitrogen and oxygen atoms in total. The number of rotatable bonds is 58. The number of ether oxygens (including phenoxy) is 3. The van der Waals surface area contributed by atoms with Crippen LogP contribution < -0.4 is 0 Å². The summed E-state index contributed by atoms with van der Waals surface area (Å²) in [5.41, 5.74) is 0. The third-order valence-corrected chi connectivity index (χ3v) is 13.4. The van der Waals surface area contributed by atoms with Crippen LogP contribution in [0.4, 0.5) is 0 Å². The van der Waals surface area contributed by atoms with E-state index in [1.165, 1.54) is 44.9 Å². The highest BCUT2D eigenvalue weighted by atomic mass is 16.6. The molecule has 0 aromatic rings. The summed E-state index contributed by atoms with van der Waals surface area (Å²) in [7, 11) is 0. The highest BCUT2D eigenvalue weighted by Crippen LogP contribution is 2.14. The van der Waals surface area contributed by atoms with Gasteiger partial charge in [0.25, 0.3) is 0 Å². The zero-order valence-electron chi connectivity index (χ0n) is 52.7. The molecular formula is C76H120O6. The summed E-state index contributed by atoms with van der Waals surface area (Å²) in [4.78, 5) is 38.3. The summed E-state index contributed by atoms with van der Waals surface area (Å²) < 4.78 is 16.9. The Hall–Kier alpha value is -5.23. The molecule has 0 aliphatic heterocycles. The van der Waals surface area contributed by atoms with Gasteiger partial charge in [0, 0.05) is 19.3 Å². The van der Waals surface area contributed by atoms with E-state index in [0.29, 0.717) is 19.3 Å². The Kier molecular flexibility index (Phi) is 63.9. The van der Waals surface area contributed by atoms with Crippen molar-refractivity contribution >= 4 is 17.9 Å². The van der Waals surface area contributed by atoms with Gasteiger partial charge in [-0.1, -0.05) is 274 Å². The number of hydrogen-bond donors (Lipinski definition) is 0. The van der Waals surface area contributed by atoms with E-state index >= 15 is 0 Å². The van der Waals surface area contributed by atoms with Crippen molar-refractivity contribution in [3.63, 3.8) is 0 Å². The first-order chi connectivity index (χ1) is 40.5. The smallest absolute Gasteiger partial charge is 0.306 e. The van der Waals surface area contributed by atoms with Gasteiger partial charge in [-0.2, -0.15) is 0 Å². The van der Waals surface area contributed by atoms with Gasteiger partial charge in [0.15, 0.2) is 6.10 Å². The van der Waals surface area contributed by atoms with Crippen LogP contribution in [0.15, 0.2) is 170 Å². The van der Waals surface area contributed by atoms with E-state index in [1.54, 1.807) is 0 Å². The number of carbonyl (C=O) groups excluding carboxylic acids is 3. The number of unbranched alkanes of at least 4 members (excludes halogenated alkanes) is 19. The number of allylic oxidation sites excluding steroid dienone is 28. The number of carbonyl (C=O) groups is 3. The molecule has 82 heavy (non-hydrogen) atoms. The summed E-state index contributed by atoms with van der Waals surface area (Å²) in [6.07, 6.45) is 101. The molecule has 0 spiro atoms. The van der Waals surface area contributed by atoms with Gasteiger partial charge in [-0.3, -0.25) is 14.4 Å². The zero-order valence-corrected chi connectivity index (χ0v) is 52.7. The molecule has 0 amide bonds. The van der Waals surface area contributed by atoms with Gasteiger partial charge in [-0.15, -0.1) is 0 Å². The molecule has 1 unspecified atom stereocenters. The van der Waals surface area contributed by atoms with Gasteiger partial charge in [-0.05, 0) is 148 Å². The standard InChI is InChI=1S/C76H120O6/c1-4-7-10-13-16-19-22-25-28-30-31-32-33-34-35-36-37-38-39-40-41-42-43-44-45-47-48-51-54-57-60-63-66-69-75(78)81-72-73(71-80-74(77)68-65-62-59-56-53-50-27-24-21-18-15-12-9-6-3)82-76(79)70-67-64-61-58-55-52-49-46-29-26-23-20-17-14-11-8-5-2/h7-8,10-11,15-20,24-29,31-32,34-35,37-38,40-41,43-44,47-48,73H,4-6,9,12-14,21-23,30,33,36,39,42,45-46,49-72H2,1-3H3/b10-7-,11-8-,18-15-,19-16-,20-17-,27-24-,28-25-,29-26-,32-31-,35-34-,38-37-,41-40-,44-43-,48-47-. The Morgan fingerprint density at radius 2 is 0.476 bits per heavy atom. The van der Waals surface area contributed by atoms with Crippen LogP contribution in [0, 0.1) is 0 Å². The molecule has 460 valence electrons. The summed E-state index contributed by atoms with van der Waals surface area (Å²) >= 11 is 0. The molecule has 0 aliphatic carbocycles. The second kappa shape index (κ2) is 68.3. The first-order valence-corrected chi connectivity index (χ1v) is 33.1. The van der Waals surface area contributed by atoms with Gasteiger partial charge in [0.05, 0.1) is 0 Å². The van der Waals surface area contributed by atoms with E-state index in [-0.39, 0.29) is 31.1 Å². The van der Waals surface area contributed by atoms with Gasteiger partial charge in [0.2, 0.25) is 0 Å². The first-order valence-electron chi connectivity index (χ1n) is 33.1. The maximum atomic E-state index is 12.9. The topological polar surface area (TPSA) is 78.9 Å². The van der Waals surface area contributed by atoms with E-state index in [1.807, 2.05) is 0 Å². The molecule has 0 fully saturated rings. The lowest BCUT2D eigenvalue weighted by Gasteiger charge is -2.18. The van der Waals surface area contributed by atoms with Crippen LogP contribution >= 0.6 is 0 Å². The fraction of sp³-hybridized carbons (Fsp3) is 0.592. The molecule has 0 radical (unpaired) electrons. The van der Waals surface area contributed by atoms with Crippen LogP contribution in [0.25, 0.3) is 0 Å². The van der Waals surface area contributed by atoms with E-state index in [0.717, 1.165) is 186 Å². The zero-order chi connectivity index (χ0) is 59.2. The average molecular weight is 1130 g/mol. The molecule has 0 aliphatic rings. The summed E-state index contributed by atoms with van der Waals surface area (Å²) in [5.74, 6) is -0.948. The quantitative estimate of drug-likeness (QED) is 0.0261. The van der Waals surface area contributed by atoms with Crippen molar-refractivity contribution in [3.05, 3.63) is 170 Å².